The second kappa shape index (κ2) is 8.97. The molecule has 2 aromatic carbocycles. The maximum Gasteiger partial charge on any atom is 0.262 e. The number of amides is 2. The van der Waals surface area contributed by atoms with Crippen LogP contribution in [0, 0.1) is 0 Å². The van der Waals surface area contributed by atoms with Gasteiger partial charge in [-0.1, -0.05) is 11.6 Å². The Hall–Kier alpha value is -2.82. The number of carbonyl (C=O) groups is 2. The molecule has 0 bridgehead atoms. The zero-order valence-corrected chi connectivity index (χ0v) is 18.8. The summed E-state index contributed by atoms with van der Waals surface area (Å²) >= 11 is 6.24. The minimum atomic E-state index is -4.09. The first-order chi connectivity index (χ1) is 15.3. The van der Waals surface area contributed by atoms with Gasteiger partial charge in [-0.2, -0.15) is 4.31 Å². The van der Waals surface area contributed by atoms with Gasteiger partial charge in [0.25, 0.3) is 5.91 Å². The van der Waals surface area contributed by atoms with Crippen molar-refractivity contribution in [2.75, 3.05) is 30.4 Å². The van der Waals surface area contributed by atoms with E-state index in [9.17, 15) is 18.0 Å². The predicted octanol–water partition coefficient (Wildman–Crippen LogP) is 2.86. The molecule has 1 saturated heterocycles. The fourth-order valence-electron chi connectivity index (χ4n) is 3.72. The quantitative estimate of drug-likeness (QED) is 0.658. The molecule has 11 heteroatoms. The molecule has 2 aliphatic heterocycles. The van der Waals surface area contributed by atoms with Crippen LogP contribution in [-0.2, 0) is 19.6 Å². The van der Waals surface area contributed by atoms with Gasteiger partial charge in [0.1, 0.15) is 22.4 Å². The van der Waals surface area contributed by atoms with E-state index in [1.54, 1.807) is 24.3 Å². The van der Waals surface area contributed by atoms with Crippen molar-refractivity contribution in [1.82, 2.24) is 4.31 Å². The highest BCUT2D eigenvalue weighted by molar-refractivity contribution is 7.89. The standard InChI is InChI=1S/C21H22ClN3O6S/c1-2-30-14-7-5-13(6-8-14)23-21(27)17-4-3-9-25(17)32(28,29)19-11-18-16(10-15(19)22)24-20(26)12-31-18/h5-8,10-11,17H,2-4,9,12H2,1H3,(H,23,27)(H,24,26)/t17-/m1/s1. The number of nitrogens with one attached hydrogen (secondary N) is 2. The van der Waals surface area contributed by atoms with E-state index in [0.29, 0.717) is 36.6 Å². The summed E-state index contributed by atoms with van der Waals surface area (Å²) in [5, 5.41) is 5.29. The number of ether oxygens (including phenoxy) is 2. The predicted molar refractivity (Wildman–Crippen MR) is 119 cm³/mol. The van der Waals surface area contributed by atoms with Gasteiger partial charge in [-0.25, -0.2) is 8.42 Å². The van der Waals surface area contributed by atoms with Crippen molar-refractivity contribution >= 4 is 44.8 Å². The number of benzene rings is 2. The third kappa shape index (κ3) is 4.38. The van der Waals surface area contributed by atoms with Crippen LogP contribution < -0.4 is 20.1 Å². The van der Waals surface area contributed by atoms with Crippen LogP contribution in [0.25, 0.3) is 0 Å². The van der Waals surface area contributed by atoms with Crippen LogP contribution in [0.5, 0.6) is 11.5 Å². The summed E-state index contributed by atoms with van der Waals surface area (Å²) in [5.41, 5.74) is 0.843. The van der Waals surface area contributed by atoms with Crippen molar-refractivity contribution in [2.24, 2.45) is 0 Å². The second-order valence-electron chi connectivity index (χ2n) is 7.34. The van der Waals surface area contributed by atoms with E-state index in [2.05, 4.69) is 10.6 Å². The Balaban J connectivity index is 1.56. The number of sulfonamides is 1. The van der Waals surface area contributed by atoms with Crippen LogP contribution in [0.15, 0.2) is 41.3 Å². The minimum absolute atomic E-state index is 0.0629. The molecule has 1 atom stereocenters. The van der Waals surface area contributed by atoms with E-state index in [0.717, 1.165) is 4.31 Å². The molecule has 0 aromatic heterocycles. The lowest BCUT2D eigenvalue weighted by Crippen LogP contribution is -2.43. The Morgan fingerprint density at radius 1 is 1.31 bits per heavy atom. The first kappa shape index (κ1) is 22.4. The van der Waals surface area contributed by atoms with E-state index in [4.69, 9.17) is 21.1 Å². The van der Waals surface area contributed by atoms with Gasteiger partial charge in [0, 0.05) is 18.3 Å². The monoisotopic (exact) mass is 479 g/mol. The van der Waals surface area contributed by atoms with Crippen molar-refractivity contribution in [3.05, 3.63) is 41.4 Å². The van der Waals surface area contributed by atoms with Crippen LogP contribution in [0.3, 0.4) is 0 Å². The molecule has 9 nitrogen and oxygen atoms in total. The lowest BCUT2D eigenvalue weighted by molar-refractivity contribution is -0.119. The molecule has 2 heterocycles. The van der Waals surface area contributed by atoms with Crippen LogP contribution >= 0.6 is 11.6 Å². The van der Waals surface area contributed by atoms with E-state index in [1.165, 1.54) is 12.1 Å². The molecule has 0 aliphatic carbocycles. The third-order valence-electron chi connectivity index (χ3n) is 5.19. The van der Waals surface area contributed by atoms with Crippen LogP contribution in [0.1, 0.15) is 19.8 Å². The average Bonchev–Trinajstić information content (AvgIpc) is 3.26. The van der Waals surface area contributed by atoms with E-state index in [-0.39, 0.29) is 34.7 Å². The zero-order valence-electron chi connectivity index (χ0n) is 17.3. The van der Waals surface area contributed by atoms with Crippen molar-refractivity contribution in [1.29, 1.82) is 0 Å². The lowest BCUT2D eigenvalue weighted by Gasteiger charge is -2.25. The number of hydrogen-bond donors (Lipinski definition) is 2. The third-order valence-corrected chi connectivity index (χ3v) is 7.57. The van der Waals surface area contributed by atoms with Crippen molar-refractivity contribution in [3.63, 3.8) is 0 Å². The Kier molecular flexibility index (Phi) is 6.27. The Morgan fingerprint density at radius 3 is 2.78 bits per heavy atom. The fourth-order valence-corrected chi connectivity index (χ4v) is 5.90. The first-order valence-corrected chi connectivity index (χ1v) is 11.9. The smallest absolute Gasteiger partial charge is 0.262 e. The number of nitrogens with zero attached hydrogens (tertiary/aromatic N) is 1. The van der Waals surface area contributed by atoms with Gasteiger partial charge < -0.3 is 20.1 Å². The Labute approximate surface area is 190 Å². The normalized spacial score (nSPS) is 18.4. The number of fused-ring (bicyclic) bond motifs is 1. The van der Waals surface area contributed by atoms with Gasteiger partial charge in [-0.05, 0) is 50.1 Å². The summed E-state index contributed by atoms with van der Waals surface area (Å²) in [6, 6.07) is 8.60. The van der Waals surface area contributed by atoms with E-state index >= 15 is 0 Å². The van der Waals surface area contributed by atoms with Gasteiger partial charge in [0.05, 0.1) is 17.3 Å². The van der Waals surface area contributed by atoms with Gasteiger partial charge in [-0.15, -0.1) is 0 Å². The summed E-state index contributed by atoms with van der Waals surface area (Å²) in [6.07, 6.45) is 0.924. The molecule has 0 saturated carbocycles. The molecule has 0 unspecified atom stereocenters. The number of rotatable bonds is 6. The summed E-state index contributed by atoms with van der Waals surface area (Å²) in [4.78, 5) is 24.2. The van der Waals surface area contributed by atoms with E-state index in [1.807, 2.05) is 6.92 Å². The molecule has 2 amide bonds. The number of carbonyl (C=O) groups excluding carboxylic acids is 2. The van der Waals surface area contributed by atoms with Crippen LogP contribution in [0.2, 0.25) is 5.02 Å². The number of halogens is 1. The van der Waals surface area contributed by atoms with Crippen LogP contribution in [0.4, 0.5) is 11.4 Å². The highest BCUT2D eigenvalue weighted by Crippen LogP contribution is 2.38. The topological polar surface area (TPSA) is 114 Å². The second-order valence-corrected chi connectivity index (χ2v) is 9.60. The van der Waals surface area contributed by atoms with Gasteiger partial charge in [0.2, 0.25) is 15.9 Å². The molecule has 0 radical (unpaired) electrons. The number of anilines is 2. The highest BCUT2D eigenvalue weighted by Gasteiger charge is 2.41. The fraction of sp³-hybridized carbons (Fsp3) is 0.333. The first-order valence-electron chi connectivity index (χ1n) is 10.1. The highest BCUT2D eigenvalue weighted by atomic mass is 35.5. The molecular formula is C21H22ClN3O6S. The molecule has 4 rings (SSSR count). The summed E-state index contributed by atoms with van der Waals surface area (Å²) in [7, 11) is -4.09. The maximum atomic E-state index is 13.4. The summed E-state index contributed by atoms with van der Waals surface area (Å²) in [6.45, 7) is 2.38. The Bertz CT molecular complexity index is 1150. The zero-order chi connectivity index (χ0) is 22.9. The maximum absolute atomic E-state index is 13.4. The van der Waals surface area contributed by atoms with Crippen LogP contribution in [-0.4, -0.2) is 50.3 Å². The lowest BCUT2D eigenvalue weighted by atomic mass is 10.2. The van der Waals surface area contributed by atoms with Gasteiger partial charge in [-0.3, -0.25) is 9.59 Å². The minimum Gasteiger partial charge on any atom is -0.494 e. The molecule has 170 valence electrons. The molecule has 0 spiro atoms. The molecule has 2 N–H and O–H groups in total. The molecular weight excluding hydrogens is 458 g/mol. The summed E-state index contributed by atoms with van der Waals surface area (Å²) in [5.74, 6) is 0.112. The molecule has 32 heavy (non-hydrogen) atoms. The van der Waals surface area contributed by atoms with Gasteiger partial charge >= 0.3 is 0 Å². The SMILES string of the molecule is CCOc1ccc(NC(=O)[C@H]2CCCN2S(=O)(=O)c2cc3c(cc2Cl)NC(=O)CO3)cc1. The molecule has 2 aliphatic rings. The van der Waals surface area contributed by atoms with E-state index < -0.39 is 22.0 Å². The molecule has 2 aromatic rings. The van der Waals surface area contributed by atoms with Crippen molar-refractivity contribution in [3.8, 4) is 11.5 Å². The number of hydrogen-bond acceptors (Lipinski definition) is 6. The summed E-state index contributed by atoms with van der Waals surface area (Å²) < 4.78 is 38.7. The largest absolute Gasteiger partial charge is 0.494 e. The molecule has 1 fully saturated rings. The van der Waals surface area contributed by atoms with Crippen molar-refractivity contribution in [2.45, 2.75) is 30.7 Å². The van der Waals surface area contributed by atoms with Gasteiger partial charge in [0.15, 0.2) is 6.61 Å². The average molecular weight is 480 g/mol. The Morgan fingerprint density at radius 2 is 2.06 bits per heavy atom. The van der Waals surface area contributed by atoms with Crippen molar-refractivity contribution < 1.29 is 27.5 Å².